The van der Waals surface area contributed by atoms with Crippen LogP contribution >= 0.6 is 0 Å². The zero-order valence-electron chi connectivity index (χ0n) is 18.7. The summed E-state index contributed by atoms with van der Waals surface area (Å²) in [7, 11) is 0. The van der Waals surface area contributed by atoms with Gasteiger partial charge in [0.05, 0.1) is 0 Å². The Labute approximate surface area is 189 Å². The Morgan fingerprint density at radius 1 is 0.969 bits per heavy atom. The van der Waals surface area contributed by atoms with Crippen LogP contribution in [-0.4, -0.2) is 42.0 Å². The maximum Gasteiger partial charge on any atom is 0.227 e. The summed E-state index contributed by atoms with van der Waals surface area (Å²) in [6, 6.07) is 13.3. The van der Waals surface area contributed by atoms with Crippen LogP contribution in [0.15, 0.2) is 48.7 Å². The molecule has 2 aromatic carbocycles. The van der Waals surface area contributed by atoms with Gasteiger partial charge in [-0.05, 0) is 93.0 Å². The molecule has 3 aromatic rings. The molecule has 0 aliphatic carbocycles. The van der Waals surface area contributed by atoms with Crippen LogP contribution in [0.4, 0.5) is 10.1 Å². The summed E-state index contributed by atoms with van der Waals surface area (Å²) in [5.74, 6) is 0.612. The first-order chi connectivity index (χ1) is 15.7. The normalized spacial score (nSPS) is 17.8. The molecule has 2 aliphatic heterocycles. The van der Waals surface area contributed by atoms with Gasteiger partial charge in [0.1, 0.15) is 5.82 Å². The second-order valence-corrected chi connectivity index (χ2v) is 9.28. The third-order valence-corrected chi connectivity index (χ3v) is 7.25. The molecule has 0 radical (unpaired) electrons. The molecule has 2 aliphatic rings. The van der Waals surface area contributed by atoms with Crippen LogP contribution in [0.3, 0.4) is 0 Å². The van der Waals surface area contributed by atoms with Crippen molar-refractivity contribution in [3.63, 3.8) is 0 Å². The number of aromatic nitrogens is 1. The van der Waals surface area contributed by atoms with E-state index in [0.717, 1.165) is 74.9 Å². The molecule has 5 rings (SSSR count). The van der Waals surface area contributed by atoms with Gasteiger partial charge in [-0.2, -0.15) is 0 Å². The molecular formula is C27H32FN3O. The van der Waals surface area contributed by atoms with Crippen LogP contribution in [0, 0.1) is 5.82 Å². The molecule has 1 N–H and O–H groups in total. The van der Waals surface area contributed by atoms with Gasteiger partial charge in [0, 0.05) is 35.8 Å². The first kappa shape index (κ1) is 21.2. The topological polar surface area (TPSA) is 39.3 Å². The van der Waals surface area contributed by atoms with Gasteiger partial charge in [0.15, 0.2) is 0 Å². The first-order valence-electron chi connectivity index (χ1n) is 12.1. The zero-order chi connectivity index (χ0) is 21.9. The molecule has 0 unspecified atom stereocenters. The highest BCUT2D eigenvalue weighted by molar-refractivity contribution is 5.96. The average molecular weight is 434 g/mol. The number of piperidine rings is 1. The van der Waals surface area contributed by atoms with Crippen LogP contribution in [0.1, 0.15) is 55.6 Å². The van der Waals surface area contributed by atoms with Crippen molar-refractivity contribution in [3.05, 3.63) is 65.6 Å². The second-order valence-electron chi connectivity index (χ2n) is 9.28. The molecule has 0 saturated carbocycles. The average Bonchev–Trinajstić information content (AvgIpc) is 3.23. The number of nitrogens with one attached hydrogen (secondary N) is 1. The number of carbonyl (C=O) groups is 1. The highest BCUT2D eigenvalue weighted by atomic mass is 19.1. The number of para-hydroxylation sites is 1. The summed E-state index contributed by atoms with van der Waals surface area (Å²) in [5, 5.41) is 1.04. The molecule has 0 bridgehead atoms. The molecule has 1 aromatic heterocycles. The molecule has 5 heteroatoms. The molecule has 1 fully saturated rings. The maximum atomic E-state index is 13.7. The minimum atomic E-state index is -0.162. The van der Waals surface area contributed by atoms with Crippen molar-refractivity contribution in [2.75, 3.05) is 31.1 Å². The van der Waals surface area contributed by atoms with E-state index in [-0.39, 0.29) is 11.7 Å². The van der Waals surface area contributed by atoms with Crippen LogP contribution < -0.4 is 4.90 Å². The predicted molar refractivity (Wildman–Crippen MR) is 128 cm³/mol. The predicted octanol–water partition coefficient (Wildman–Crippen LogP) is 5.64. The van der Waals surface area contributed by atoms with Gasteiger partial charge >= 0.3 is 0 Å². The van der Waals surface area contributed by atoms with Gasteiger partial charge in [0.25, 0.3) is 0 Å². The van der Waals surface area contributed by atoms with Crippen molar-refractivity contribution < 1.29 is 9.18 Å². The van der Waals surface area contributed by atoms with Gasteiger partial charge in [-0.15, -0.1) is 0 Å². The van der Waals surface area contributed by atoms with Crippen LogP contribution in [0.2, 0.25) is 0 Å². The highest BCUT2D eigenvalue weighted by Crippen LogP contribution is 2.33. The van der Waals surface area contributed by atoms with Crippen LogP contribution in [0.5, 0.6) is 0 Å². The lowest BCUT2D eigenvalue weighted by molar-refractivity contribution is -0.118. The van der Waals surface area contributed by atoms with E-state index < -0.39 is 0 Å². The Kier molecular flexibility index (Phi) is 6.26. The molecule has 1 amide bonds. The van der Waals surface area contributed by atoms with Gasteiger partial charge in [-0.1, -0.05) is 24.6 Å². The van der Waals surface area contributed by atoms with Crippen molar-refractivity contribution in [3.8, 4) is 0 Å². The molecule has 4 nitrogen and oxygen atoms in total. The smallest absolute Gasteiger partial charge is 0.227 e. The number of benzene rings is 2. The number of anilines is 1. The Balaban J connectivity index is 1.06. The molecule has 0 spiro atoms. The van der Waals surface area contributed by atoms with Crippen molar-refractivity contribution in [2.24, 2.45) is 0 Å². The number of fused-ring (bicyclic) bond motifs is 2. The summed E-state index contributed by atoms with van der Waals surface area (Å²) >= 11 is 0. The van der Waals surface area contributed by atoms with Gasteiger partial charge in [-0.25, -0.2) is 4.39 Å². The lowest BCUT2D eigenvalue weighted by Crippen LogP contribution is -2.36. The van der Waals surface area contributed by atoms with E-state index >= 15 is 0 Å². The Hall–Kier alpha value is -2.66. The molecule has 168 valence electrons. The molecule has 3 heterocycles. The lowest BCUT2D eigenvalue weighted by Gasteiger charge is -2.32. The van der Waals surface area contributed by atoms with E-state index in [0.29, 0.717) is 12.3 Å². The number of nitrogens with zero attached hydrogens (tertiary/aromatic N) is 2. The zero-order valence-corrected chi connectivity index (χ0v) is 18.7. The summed E-state index contributed by atoms with van der Waals surface area (Å²) in [4.78, 5) is 20.2. The number of likely N-dealkylation sites (tertiary alicyclic amines) is 1. The Bertz CT molecular complexity index is 1080. The fourth-order valence-corrected chi connectivity index (χ4v) is 5.44. The number of hydrogen-bond donors (Lipinski definition) is 1. The SMILES string of the molecule is O=C1CCc2ccccc2N1CCCCCN1CCC(c2c[nH]c3ccc(F)cc23)CC1. The third-order valence-electron chi connectivity index (χ3n) is 7.25. The minimum Gasteiger partial charge on any atom is -0.361 e. The molecule has 32 heavy (non-hydrogen) atoms. The van der Waals surface area contributed by atoms with Crippen molar-refractivity contribution in [1.82, 2.24) is 9.88 Å². The third kappa shape index (κ3) is 4.44. The van der Waals surface area contributed by atoms with E-state index in [9.17, 15) is 9.18 Å². The number of aromatic amines is 1. The second kappa shape index (κ2) is 9.45. The monoisotopic (exact) mass is 433 g/mol. The largest absolute Gasteiger partial charge is 0.361 e. The van der Waals surface area contributed by atoms with E-state index in [1.165, 1.54) is 23.6 Å². The number of hydrogen-bond acceptors (Lipinski definition) is 2. The summed E-state index contributed by atoms with van der Waals surface area (Å²) in [5.41, 5.74) is 4.71. The maximum absolute atomic E-state index is 13.7. The van der Waals surface area contributed by atoms with E-state index in [1.807, 2.05) is 17.0 Å². The summed E-state index contributed by atoms with van der Waals surface area (Å²) in [6.45, 7) is 4.16. The number of rotatable bonds is 7. The van der Waals surface area contributed by atoms with Crippen LogP contribution in [-0.2, 0) is 11.2 Å². The Morgan fingerprint density at radius 3 is 2.66 bits per heavy atom. The number of H-pyrrole nitrogens is 1. The van der Waals surface area contributed by atoms with Gasteiger partial charge in [-0.3, -0.25) is 4.79 Å². The van der Waals surface area contributed by atoms with E-state index in [4.69, 9.17) is 0 Å². The van der Waals surface area contributed by atoms with Crippen molar-refractivity contribution in [2.45, 2.75) is 50.9 Å². The molecule has 1 saturated heterocycles. The van der Waals surface area contributed by atoms with Gasteiger partial charge < -0.3 is 14.8 Å². The van der Waals surface area contributed by atoms with Crippen LogP contribution in [0.25, 0.3) is 10.9 Å². The lowest BCUT2D eigenvalue weighted by atomic mass is 9.89. The standard InChI is InChI=1S/C27H32FN3O/c28-22-9-10-25-23(18-22)24(19-29-25)20-12-16-30(17-13-20)14-4-1-5-15-31-26-7-3-2-6-21(26)8-11-27(31)32/h2-3,6-7,9-10,18-20,29H,1,4-5,8,11-17H2. The fourth-order valence-electron chi connectivity index (χ4n) is 5.44. The van der Waals surface area contributed by atoms with E-state index in [1.54, 1.807) is 6.07 Å². The minimum absolute atomic E-state index is 0.162. The van der Waals surface area contributed by atoms with Gasteiger partial charge in [0.2, 0.25) is 5.91 Å². The summed E-state index contributed by atoms with van der Waals surface area (Å²) < 4.78 is 13.7. The number of amides is 1. The molecule has 0 atom stereocenters. The van der Waals surface area contributed by atoms with Crippen molar-refractivity contribution in [1.29, 1.82) is 0 Å². The number of unbranched alkanes of at least 4 members (excludes halogenated alkanes) is 2. The number of aryl methyl sites for hydroxylation is 1. The fraction of sp³-hybridized carbons (Fsp3) is 0.444. The number of halogens is 1. The number of carbonyl (C=O) groups excluding carboxylic acids is 1. The summed E-state index contributed by atoms with van der Waals surface area (Å²) in [6.07, 6.45) is 9.21. The van der Waals surface area contributed by atoms with Crippen molar-refractivity contribution >= 4 is 22.5 Å². The molecular weight excluding hydrogens is 401 g/mol. The Morgan fingerprint density at radius 2 is 1.78 bits per heavy atom. The highest BCUT2D eigenvalue weighted by Gasteiger charge is 2.24. The van der Waals surface area contributed by atoms with E-state index in [2.05, 4.69) is 34.3 Å². The quantitative estimate of drug-likeness (QED) is 0.490. The first-order valence-corrected chi connectivity index (χ1v) is 12.1.